The Kier molecular flexibility index (Phi) is 3.26. The van der Waals surface area contributed by atoms with E-state index in [-0.39, 0.29) is 11.5 Å². The highest BCUT2D eigenvalue weighted by molar-refractivity contribution is 5.80. The van der Waals surface area contributed by atoms with E-state index < -0.39 is 0 Å². The molecule has 1 aromatic carbocycles. The lowest BCUT2D eigenvalue weighted by Gasteiger charge is -2.24. The maximum atomic E-state index is 9.30. The summed E-state index contributed by atoms with van der Waals surface area (Å²) in [5.74, 6) is -0.233. The number of rotatable bonds is 2. The van der Waals surface area contributed by atoms with Crippen LogP contribution in [0.4, 0.5) is 0 Å². The van der Waals surface area contributed by atoms with E-state index in [1.54, 1.807) is 12.3 Å². The van der Waals surface area contributed by atoms with E-state index in [2.05, 4.69) is 10.4 Å². The quantitative estimate of drug-likeness (QED) is 0.497. The highest BCUT2D eigenvalue weighted by atomic mass is 16.3. The number of benzene rings is 1. The monoisotopic (exact) mass is 221 g/mol. The molecule has 0 unspecified atom stereocenters. The van der Waals surface area contributed by atoms with E-state index in [4.69, 9.17) is 5.11 Å². The summed E-state index contributed by atoms with van der Waals surface area (Å²) in [5, 5.41) is 28.0. The molecule has 5 nitrogen and oxygen atoms in total. The number of nitrogens with zero attached hydrogens (tertiary/aromatic N) is 2. The lowest BCUT2D eigenvalue weighted by atomic mass is 10.2. The molecule has 16 heavy (non-hydrogen) atoms. The highest BCUT2D eigenvalue weighted by Crippen LogP contribution is 2.23. The second kappa shape index (κ2) is 4.85. The van der Waals surface area contributed by atoms with Crippen LogP contribution in [0.2, 0.25) is 0 Å². The van der Waals surface area contributed by atoms with Gasteiger partial charge in [-0.25, -0.2) is 0 Å². The van der Waals surface area contributed by atoms with Gasteiger partial charge in [-0.1, -0.05) is 0 Å². The maximum absolute atomic E-state index is 9.30. The second-order valence-corrected chi connectivity index (χ2v) is 3.70. The zero-order valence-electron chi connectivity index (χ0n) is 8.93. The molecule has 86 valence electrons. The predicted molar refractivity (Wildman–Crippen MR) is 61.8 cm³/mol. The predicted octanol–water partition coefficient (Wildman–Crippen LogP) is 0.337. The largest absolute Gasteiger partial charge is 0.504 e. The number of phenols is 2. The van der Waals surface area contributed by atoms with Gasteiger partial charge in [0.2, 0.25) is 0 Å². The summed E-state index contributed by atoms with van der Waals surface area (Å²) in [6.07, 6.45) is 1.68. The summed E-state index contributed by atoms with van der Waals surface area (Å²) in [5.41, 5.74) is 0.772. The van der Waals surface area contributed by atoms with Crippen molar-refractivity contribution in [1.82, 2.24) is 10.3 Å². The van der Waals surface area contributed by atoms with Crippen LogP contribution in [0.3, 0.4) is 0 Å². The Morgan fingerprint density at radius 2 is 1.94 bits per heavy atom. The van der Waals surface area contributed by atoms with E-state index in [0.717, 1.165) is 31.7 Å². The Bertz CT molecular complexity index is 387. The minimum atomic E-state index is -0.121. The molecule has 1 aliphatic heterocycles. The third-order valence-corrected chi connectivity index (χ3v) is 2.46. The zero-order valence-corrected chi connectivity index (χ0v) is 8.93. The molecule has 0 amide bonds. The van der Waals surface area contributed by atoms with Crippen molar-refractivity contribution in [3.05, 3.63) is 23.8 Å². The van der Waals surface area contributed by atoms with E-state index in [1.807, 2.05) is 5.01 Å². The Balaban J connectivity index is 2.02. The van der Waals surface area contributed by atoms with Crippen molar-refractivity contribution in [3.8, 4) is 11.5 Å². The van der Waals surface area contributed by atoms with Gasteiger partial charge in [0.25, 0.3) is 0 Å². The molecule has 3 N–H and O–H groups in total. The summed E-state index contributed by atoms with van der Waals surface area (Å²) in [6.45, 7) is 3.66. The minimum absolute atomic E-state index is 0.112. The first kappa shape index (κ1) is 10.8. The standard InChI is InChI=1S/C11H15N3O2/c15-10-2-1-9(7-11(10)16)8-13-14-5-3-12-4-6-14/h1-2,7-8,12,15-16H,3-6H2. The summed E-state index contributed by atoms with van der Waals surface area (Å²) in [6, 6.07) is 4.65. The maximum Gasteiger partial charge on any atom is 0.158 e. The van der Waals surface area contributed by atoms with Gasteiger partial charge in [-0.05, 0) is 23.8 Å². The van der Waals surface area contributed by atoms with Crippen molar-refractivity contribution in [1.29, 1.82) is 0 Å². The molecule has 1 aromatic rings. The average molecular weight is 221 g/mol. The van der Waals surface area contributed by atoms with Crippen molar-refractivity contribution in [3.63, 3.8) is 0 Å². The number of nitrogens with one attached hydrogen (secondary N) is 1. The Morgan fingerprint density at radius 1 is 1.19 bits per heavy atom. The molecule has 1 heterocycles. The topological polar surface area (TPSA) is 68.1 Å². The third-order valence-electron chi connectivity index (χ3n) is 2.46. The summed E-state index contributed by atoms with van der Waals surface area (Å²) in [4.78, 5) is 0. The summed E-state index contributed by atoms with van der Waals surface area (Å²) < 4.78 is 0. The van der Waals surface area contributed by atoms with Crippen molar-refractivity contribution in [2.75, 3.05) is 26.2 Å². The molecule has 0 aliphatic carbocycles. The van der Waals surface area contributed by atoms with Crippen LogP contribution in [0.25, 0.3) is 0 Å². The fourth-order valence-corrected chi connectivity index (χ4v) is 1.54. The van der Waals surface area contributed by atoms with Crippen molar-refractivity contribution >= 4 is 6.21 Å². The lowest BCUT2D eigenvalue weighted by Crippen LogP contribution is -2.40. The van der Waals surface area contributed by atoms with Crippen molar-refractivity contribution in [2.24, 2.45) is 5.10 Å². The van der Waals surface area contributed by atoms with Gasteiger partial charge in [0.15, 0.2) is 11.5 Å². The minimum Gasteiger partial charge on any atom is -0.504 e. The molecule has 0 spiro atoms. The van der Waals surface area contributed by atoms with Crippen LogP contribution in [0.1, 0.15) is 5.56 Å². The van der Waals surface area contributed by atoms with Crippen LogP contribution >= 0.6 is 0 Å². The van der Waals surface area contributed by atoms with Crippen LogP contribution in [-0.2, 0) is 0 Å². The number of piperazine rings is 1. The number of aromatic hydroxyl groups is 2. The first-order valence-corrected chi connectivity index (χ1v) is 5.27. The van der Waals surface area contributed by atoms with Crippen LogP contribution in [0, 0.1) is 0 Å². The molecule has 1 saturated heterocycles. The normalized spacial score (nSPS) is 16.9. The van der Waals surface area contributed by atoms with Gasteiger partial charge in [-0.2, -0.15) is 5.10 Å². The van der Waals surface area contributed by atoms with Crippen molar-refractivity contribution in [2.45, 2.75) is 0 Å². The van der Waals surface area contributed by atoms with Gasteiger partial charge >= 0.3 is 0 Å². The Morgan fingerprint density at radius 3 is 2.62 bits per heavy atom. The first-order valence-electron chi connectivity index (χ1n) is 5.27. The lowest BCUT2D eigenvalue weighted by molar-refractivity contribution is 0.253. The fraction of sp³-hybridized carbons (Fsp3) is 0.364. The highest BCUT2D eigenvalue weighted by Gasteiger charge is 2.05. The van der Waals surface area contributed by atoms with Crippen LogP contribution in [0.5, 0.6) is 11.5 Å². The van der Waals surface area contributed by atoms with E-state index in [1.165, 1.54) is 12.1 Å². The van der Waals surface area contributed by atoms with Gasteiger partial charge < -0.3 is 15.5 Å². The van der Waals surface area contributed by atoms with Gasteiger partial charge in [0, 0.05) is 26.2 Å². The first-order chi connectivity index (χ1) is 7.75. The molecule has 2 rings (SSSR count). The van der Waals surface area contributed by atoms with Crippen LogP contribution in [0.15, 0.2) is 23.3 Å². The van der Waals surface area contributed by atoms with E-state index in [9.17, 15) is 5.11 Å². The molecular formula is C11H15N3O2. The fourth-order valence-electron chi connectivity index (χ4n) is 1.54. The number of hydrogen-bond acceptors (Lipinski definition) is 5. The molecular weight excluding hydrogens is 206 g/mol. The molecule has 1 fully saturated rings. The second-order valence-electron chi connectivity index (χ2n) is 3.70. The molecule has 0 saturated carbocycles. The molecule has 5 heteroatoms. The van der Waals surface area contributed by atoms with Crippen molar-refractivity contribution < 1.29 is 10.2 Å². The smallest absolute Gasteiger partial charge is 0.158 e. The average Bonchev–Trinajstić information content (AvgIpc) is 2.32. The zero-order chi connectivity index (χ0) is 11.4. The van der Waals surface area contributed by atoms with Gasteiger partial charge in [-0.15, -0.1) is 0 Å². The number of hydrazone groups is 1. The Labute approximate surface area is 94.0 Å². The third kappa shape index (κ3) is 2.64. The van der Waals surface area contributed by atoms with Crippen LogP contribution in [-0.4, -0.2) is 47.6 Å². The number of phenolic OH excluding ortho intramolecular Hbond substituents is 2. The van der Waals surface area contributed by atoms with E-state index in [0.29, 0.717) is 0 Å². The molecule has 0 atom stereocenters. The molecule has 0 bridgehead atoms. The van der Waals surface area contributed by atoms with Gasteiger partial charge in [0.05, 0.1) is 6.21 Å². The molecule has 0 aromatic heterocycles. The van der Waals surface area contributed by atoms with E-state index >= 15 is 0 Å². The number of hydrogen-bond donors (Lipinski definition) is 3. The summed E-state index contributed by atoms with van der Waals surface area (Å²) in [7, 11) is 0. The van der Waals surface area contributed by atoms with Gasteiger partial charge in [0.1, 0.15) is 0 Å². The molecule has 1 aliphatic rings. The van der Waals surface area contributed by atoms with Gasteiger partial charge in [-0.3, -0.25) is 5.01 Å². The van der Waals surface area contributed by atoms with Crippen LogP contribution < -0.4 is 5.32 Å². The molecule has 0 radical (unpaired) electrons. The Hall–Kier alpha value is -1.75. The SMILES string of the molecule is Oc1ccc(C=NN2CCNCC2)cc1O. The summed E-state index contributed by atoms with van der Waals surface area (Å²) >= 11 is 0.